The van der Waals surface area contributed by atoms with Crippen LogP contribution in [0.1, 0.15) is 18.4 Å². The summed E-state index contributed by atoms with van der Waals surface area (Å²) in [6.07, 6.45) is 2.80. The summed E-state index contributed by atoms with van der Waals surface area (Å²) in [5.41, 5.74) is 1.68. The molecule has 1 aromatic heterocycles. The lowest BCUT2D eigenvalue weighted by atomic mass is 10.1. The largest absolute Gasteiger partial charge is 0.481 e. The number of aliphatic carboxylic acids is 1. The van der Waals surface area contributed by atoms with Crippen molar-refractivity contribution in [1.82, 2.24) is 9.88 Å². The summed E-state index contributed by atoms with van der Waals surface area (Å²) in [4.78, 5) is 17.3. The number of aromatic nitrogens is 1. The van der Waals surface area contributed by atoms with E-state index >= 15 is 0 Å². The molecule has 0 radical (unpaired) electrons. The van der Waals surface area contributed by atoms with E-state index in [1.54, 1.807) is 12.3 Å². The average molecular weight is 288 g/mol. The lowest BCUT2D eigenvalue weighted by Crippen LogP contribution is -2.21. The molecule has 1 aromatic carbocycles. The highest BCUT2D eigenvalue weighted by Gasteiger charge is 2.25. The maximum Gasteiger partial charge on any atom is 0.303 e. The van der Waals surface area contributed by atoms with Crippen LogP contribution in [0.3, 0.4) is 0 Å². The fraction of sp³-hybridized carbons (Fsp3) is 0.375. The van der Waals surface area contributed by atoms with Gasteiger partial charge in [0, 0.05) is 31.1 Å². The molecule has 1 fully saturated rings. The number of halogens is 1. The first kappa shape index (κ1) is 13.9. The number of nitrogens with zero attached hydrogens (tertiary/aromatic N) is 2. The Morgan fingerprint density at radius 1 is 1.48 bits per heavy atom. The highest BCUT2D eigenvalue weighted by Crippen LogP contribution is 2.24. The second-order valence-electron chi connectivity index (χ2n) is 5.63. The smallest absolute Gasteiger partial charge is 0.303 e. The third-order valence-corrected chi connectivity index (χ3v) is 3.98. The van der Waals surface area contributed by atoms with Gasteiger partial charge in [-0.05, 0) is 42.6 Å². The summed E-state index contributed by atoms with van der Waals surface area (Å²) in [7, 11) is 0. The number of carboxylic acid groups (broad SMARTS) is 1. The molecule has 1 unspecified atom stereocenters. The molecule has 1 saturated heterocycles. The molecule has 0 spiro atoms. The predicted octanol–water partition coefficient (Wildman–Crippen LogP) is 2.67. The number of pyridine rings is 1. The average Bonchev–Trinajstić information content (AvgIpc) is 2.85. The Morgan fingerprint density at radius 2 is 2.33 bits per heavy atom. The Bertz CT molecular complexity index is 674. The van der Waals surface area contributed by atoms with Gasteiger partial charge in [-0.3, -0.25) is 14.7 Å². The quantitative estimate of drug-likeness (QED) is 0.939. The predicted molar refractivity (Wildman–Crippen MR) is 77.3 cm³/mol. The molecule has 4 nitrogen and oxygen atoms in total. The second kappa shape index (κ2) is 5.77. The van der Waals surface area contributed by atoms with E-state index in [-0.39, 0.29) is 18.2 Å². The Kier molecular flexibility index (Phi) is 3.84. The lowest BCUT2D eigenvalue weighted by molar-refractivity contribution is -0.138. The van der Waals surface area contributed by atoms with Crippen molar-refractivity contribution in [2.75, 3.05) is 13.1 Å². The molecule has 21 heavy (non-hydrogen) atoms. The maximum atomic E-state index is 13.7. The molecule has 2 aromatic rings. The van der Waals surface area contributed by atoms with Crippen LogP contribution in [-0.4, -0.2) is 34.0 Å². The van der Waals surface area contributed by atoms with E-state index < -0.39 is 5.97 Å². The van der Waals surface area contributed by atoms with Crippen molar-refractivity contribution in [3.63, 3.8) is 0 Å². The van der Waals surface area contributed by atoms with Crippen LogP contribution in [0.4, 0.5) is 4.39 Å². The van der Waals surface area contributed by atoms with E-state index in [0.717, 1.165) is 36.0 Å². The SMILES string of the molecule is O=C(O)CC1CCN(Cc2cc(F)cc3cccnc23)C1. The number of carbonyl (C=O) groups is 1. The van der Waals surface area contributed by atoms with Gasteiger partial charge in [-0.25, -0.2) is 4.39 Å². The van der Waals surface area contributed by atoms with Gasteiger partial charge in [-0.15, -0.1) is 0 Å². The van der Waals surface area contributed by atoms with Crippen molar-refractivity contribution in [2.24, 2.45) is 5.92 Å². The summed E-state index contributed by atoms with van der Waals surface area (Å²) in [5.74, 6) is -0.818. The first-order chi connectivity index (χ1) is 10.1. The highest BCUT2D eigenvalue weighted by atomic mass is 19.1. The standard InChI is InChI=1S/C16H17FN2O2/c17-14-7-12-2-1-4-18-16(12)13(8-14)10-19-5-3-11(9-19)6-15(20)21/h1-2,4,7-8,11H,3,5-6,9-10H2,(H,20,21). The topological polar surface area (TPSA) is 53.4 Å². The van der Waals surface area contributed by atoms with Crippen molar-refractivity contribution in [2.45, 2.75) is 19.4 Å². The summed E-state index contributed by atoms with van der Waals surface area (Å²) >= 11 is 0. The van der Waals surface area contributed by atoms with Crippen LogP contribution in [-0.2, 0) is 11.3 Å². The molecule has 1 N–H and O–H groups in total. The third-order valence-electron chi connectivity index (χ3n) is 3.98. The Morgan fingerprint density at radius 3 is 3.14 bits per heavy atom. The van der Waals surface area contributed by atoms with Crippen LogP contribution in [0.25, 0.3) is 10.9 Å². The Balaban J connectivity index is 1.78. The van der Waals surface area contributed by atoms with Crippen LogP contribution >= 0.6 is 0 Å². The van der Waals surface area contributed by atoms with Crippen molar-refractivity contribution in [3.8, 4) is 0 Å². The van der Waals surface area contributed by atoms with Gasteiger partial charge in [0.2, 0.25) is 0 Å². The molecule has 1 aliphatic heterocycles. The van der Waals surface area contributed by atoms with Crippen LogP contribution < -0.4 is 0 Å². The van der Waals surface area contributed by atoms with Crippen LogP contribution in [0.2, 0.25) is 0 Å². The molecular weight excluding hydrogens is 271 g/mol. The minimum Gasteiger partial charge on any atom is -0.481 e. The third kappa shape index (κ3) is 3.19. The minimum absolute atomic E-state index is 0.190. The van der Waals surface area contributed by atoms with Gasteiger partial charge in [0.25, 0.3) is 0 Å². The lowest BCUT2D eigenvalue weighted by Gasteiger charge is -2.17. The first-order valence-corrected chi connectivity index (χ1v) is 7.09. The molecule has 0 amide bonds. The molecule has 2 heterocycles. The first-order valence-electron chi connectivity index (χ1n) is 7.09. The normalized spacial score (nSPS) is 19.2. The molecular formula is C16H17FN2O2. The number of carboxylic acids is 1. The van der Waals surface area contributed by atoms with E-state index in [0.29, 0.717) is 6.54 Å². The van der Waals surface area contributed by atoms with Gasteiger partial charge in [-0.1, -0.05) is 6.07 Å². The van der Waals surface area contributed by atoms with Gasteiger partial charge < -0.3 is 5.11 Å². The molecule has 3 rings (SSSR count). The van der Waals surface area contributed by atoms with Gasteiger partial charge in [0.1, 0.15) is 5.82 Å². The van der Waals surface area contributed by atoms with Gasteiger partial charge in [-0.2, -0.15) is 0 Å². The molecule has 0 aliphatic carbocycles. The van der Waals surface area contributed by atoms with E-state index in [4.69, 9.17) is 5.11 Å². The summed E-state index contributed by atoms with van der Waals surface area (Å²) in [6.45, 7) is 2.21. The minimum atomic E-state index is -0.750. The van der Waals surface area contributed by atoms with Gasteiger partial charge in [0.05, 0.1) is 5.52 Å². The molecule has 110 valence electrons. The fourth-order valence-electron chi connectivity index (χ4n) is 3.06. The van der Waals surface area contributed by atoms with E-state index in [2.05, 4.69) is 9.88 Å². The maximum absolute atomic E-state index is 13.7. The fourth-order valence-corrected chi connectivity index (χ4v) is 3.06. The van der Waals surface area contributed by atoms with Gasteiger partial charge in [0.15, 0.2) is 0 Å². The monoisotopic (exact) mass is 288 g/mol. The van der Waals surface area contributed by atoms with E-state index in [9.17, 15) is 9.18 Å². The number of hydrogen-bond donors (Lipinski definition) is 1. The molecule has 5 heteroatoms. The highest BCUT2D eigenvalue weighted by molar-refractivity contribution is 5.81. The van der Waals surface area contributed by atoms with Crippen molar-refractivity contribution in [1.29, 1.82) is 0 Å². The molecule has 1 aliphatic rings. The summed E-state index contributed by atoms with van der Waals surface area (Å²) in [6, 6.07) is 6.67. The van der Waals surface area contributed by atoms with E-state index in [1.165, 1.54) is 12.1 Å². The number of benzene rings is 1. The Labute approximate surface area is 122 Å². The number of hydrogen-bond acceptors (Lipinski definition) is 3. The molecule has 1 atom stereocenters. The molecule has 0 bridgehead atoms. The van der Waals surface area contributed by atoms with Crippen LogP contribution in [0, 0.1) is 11.7 Å². The van der Waals surface area contributed by atoms with Crippen molar-refractivity contribution < 1.29 is 14.3 Å². The van der Waals surface area contributed by atoms with Gasteiger partial charge >= 0.3 is 5.97 Å². The summed E-state index contributed by atoms with van der Waals surface area (Å²) in [5, 5.41) is 9.65. The van der Waals surface area contributed by atoms with E-state index in [1.807, 2.05) is 6.07 Å². The zero-order valence-electron chi connectivity index (χ0n) is 11.6. The number of likely N-dealkylation sites (tertiary alicyclic amines) is 1. The second-order valence-corrected chi connectivity index (χ2v) is 5.63. The molecule has 0 saturated carbocycles. The van der Waals surface area contributed by atoms with Crippen LogP contribution in [0.15, 0.2) is 30.5 Å². The Hall–Kier alpha value is -2.01. The zero-order valence-corrected chi connectivity index (χ0v) is 11.6. The van der Waals surface area contributed by atoms with Crippen molar-refractivity contribution >= 4 is 16.9 Å². The number of rotatable bonds is 4. The summed E-state index contributed by atoms with van der Waals surface area (Å²) < 4.78 is 13.7. The van der Waals surface area contributed by atoms with Crippen molar-refractivity contribution in [3.05, 3.63) is 41.8 Å². The zero-order chi connectivity index (χ0) is 14.8. The van der Waals surface area contributed by atoms with Crippen LogP contribution in [0.5, 0.6) is 0 Å². The number of fused-ring (bicyclic) bond motifs is 1.